The zero-order chi connectivity index (χ0) is 14.9. The third-order valence-corrected chi connectivity index (χ3v) is 4.20. The van der Waals surface area contributed by atoms with E-state index in [9.17, 15) is 9.18 Å². The van der Waals surface area contributed by atoms with Gasteiger partial charge in [-0.25, -0.2) is 4.39 Å². The number of carbonyl (C=O) groups is 1. The summed E-state index contributed by atoms with van der Waals surface area (Å²) in [5, 5.41) is 3.39. The molecule has 21 heavy (non-hydrogen) atoms. The highest BCUT2D eigenvalue weighted by molar-refractivity contribution is 5.92. The molecule has 1 aromatic rings. The maximum atomic E-state index is 13.5. The molecule has 1 aliphatic carbocycles. The van der Waals surface area contributed by atoms with Gasteiger partial charge in [0.25, 0.3) is 0 Å². The predicted molar refractivity (Wildman–Crippen MR) is 77.1 cm³/mol. The number of carbonyl (C=O) groups excluding carboxylic acids is 1. The van der Waals surface area contributed by atoms with Crippen molar-refractivity contribution in [2.75, 3.05) is 19.8 Å². The van der Waals surface area contributed by atoms with E-state index >= 15 is 0 Å². The number of hydrogen-bond acceptors (Lipinski definition) is 3. The van der Waals surface area contributed by atoms with Gasteiger partial charge in [-0.1, -0.05) is 12.1 Å². The number of amides is 1. The molecule has 1 unspecified atom stereocenters. The first-order valence-corrected chi connectivity index (χ1v) is 7.58. The Kier molecular flexibility index (Phi) is 3.95. The van der Waals surface area contributed by atoms with Gasteiger partial charge in [0, 0.05) is 19.8 Å². The standard InChI is InChI=1S/C16H21FN2O2/c1-2-21-10-4-9-19-14(12-5-3-6-13(17)11-12)18-16(7-8-16)15(19)20/h3,5-6,11,14,18H,2,4,7-10H2,1H3. The first-order chi connectivity index (χ1) is 10.2. The second-order valence-corrected chi connectivity index (χ2v) is 5.73. The quantitative estimate of drug-likeness (QED) is 0.817. The maximum absolute atomic E-state index is 13.5. The minimum Gasteiger partial charge on any atom is -0.382 e. The summed E-state index contributed by atoms with van der Waals surface area (Å²) < 4.78 is 18.8. The van der Waals surface area contributed by atoms with E-state index in [0.717, 1.165) is 24.8 Å². The second-order valence-electron chi connectivity index (χ2n) is 5.73. The van der Waals surface area contributed by atoms with Crippen LogP contribution in [0.3, 0.4) is 0 Å². The molecular weight excluding hydrogens is 271 g/mol. The molecule has 1 aliphatic heterocycles. The van der Waals surface area contributed by atoms with Crippen molar-refractivity contribution in [3.8, 4) is 0 Å². The van der Waals surface area contributed by atoms with Crippen molar-refractivity contribution >= 4 is 5.91 Å². The summed E-state index contributed by atoms with van der Waals surface area (Å²) in [6.07, 6.45) is 2.32. The summed E-state index contributed by atoms with van der Waals surface area (Å²) in [5.41, 5.74) is 0.423. The molecular formula is C16H21FN2O2. The van der Waals surface area contributed by atoms with Crippen LogP contribution in [0.1, 0.15) is 37.9 Å². The molecule has 1 atom stereocenters. The molecule has 1 spiro atoms. The van der Waals surface area contributed by atoms with Crippen molar-refractivity contribution in [3.05, 3.63) is 35.6 Å². The smallest absolute Gasteiger partial charge is 0.244 e. The maximum Gasteiger partial charge on any atom is 0.244 e. The Labute approximate surface area is 124 Å². The van der Waals surface area contributed by atoms with Crippen molar-refractivity contribution in [2.45, 2.75) is 37.9 Å². The topological polar surface area (TPSA) is 41.6 Å². The van der Waals surface area contributed by atoms with Crippen molar-refractivity contribution < 1.29 is 13.9 Å². The van der Waals surface area contributed by atoms with Gasteiger partial charge >= 0.3 is 0 Å². The summed E-state index contributed by atoms with van der Waals surface area (Å²) in [5.74, 6) is -0.124. The highest BCUT2D eigenvalue weighted by Crippen LogP contribution is 2.45. The number of rotatable bonds is 6. The van der Waals surface area contributed by atoms with E-state index in [1.165, 1.54) is 12.1 Å². The minimum atomic E-state index is -0.386. The predicted octanol–water partition coefficient (Wildman–Crippen LogP) is 2.22. The Morgan fingerprint density at radius 2 is 2.29 bits per heavy atom. The molecule has 1 aromatic carbocycles. The van der Waals surface area contributed by atoms with E-state index in [4.69, 9.17) is 4.74 Å². The number of ether oxygens (including phenoxy) is 1. The molecule has 0 bridgehead atoms. The van der Waals surface area contributed by atoms with Crippen LogP contribution in [0.4, 0.5) is 4.39 Å². The van der Waals surface area contributed by atoms with E-state index in [2.05, 4.69) is 5.32 Å². The van der Waals surface area contributed by atoms with Crippen LogP contribution in [0.25, 0.3) is 0 Å². The fraction of sp³-hybridized carbons (Fsp3) is 0.562. The van der Waals surface area contributed by atoms with Gasteiger partial charge in [-0.2, -0.15) is 0 Å². The fourth-order valence-electron chi connectivity index (χ4n) is 2.93. The molecule has 5 heteroatoms. The molecule has 1 amide bonds. The van der Waals surface area contributed by atoms with E-state index in [1.54, 1.807) is 6.07 Å². The Bertz CT molecular complexity index is 531. The monoisotopic (exact) mass is 292 g/mol. The summed E-state index contributed by atoms with van der Waals surface area (Å²) >= 11 is 0. The van der Waals surface area contributed by atoms with Crippen molar-refractivity contribution in [1.82, 2.24) is 10.2 Å². The van der Waals surface area contributed by atoms with Crippen LogP contribution in [0.2, 0.25) is 0 Å². The van der Waals surface area contributed by atoms with Crippen LogP contribution >= 0.6 is 0 Å². The van der Waals surface area contributed by atoms with Crippen molar-refractivity contribution in [2.24, 2.45) is 0 Å². The SMILES string of the molecule is CCOCCCN1C(=O)C2(CC2)NC1c1cccc(F)c1. The summed E-state index contributed by atoms with van der Waals surface area (Å²) in [4.78, 5) is 14.4. The molecule has 1 saturated carbocycles. The van der Waals surface area contributed by atoms with E-state index in [1.807, 2.05) is 17.9 Å². The van der Waals surface area contributed by atoms with Gasteiger partial charge < -0.3 is 9.64 Å². The molecule has 1 saturated heterocycles. The molecule has 114 valence electrons. The Morgan fingerprint density at radius 1 is 1.48 bits per heavy atom. The molecule has 2 aliphatic rings. The van der Waals surface area contributed by atoms with Crippen LogP contribution in [-0.4, -0.2) is 36.1 Å². The van der Waals surface area contributed by atoms with Crippen LogP contribution in [-0.2, 0) is 9.53 Å². The van der Waals surface area contributed by atoms with Gasteiger partial charge in [0.1, 0.15) is 17.5 Å². The first kappa shape index (κ1) is 14.5. The first-order valence-electron chi connectivity index (χ1n) is 7.58. The zero-order valence-corrected chi connectivity index (χ0v) is 12.3. The summed E-state index contributed by atoms with van der Waals surface area (Å²) in [7, 11) is 0. The Balaban J connectivity index is 1.75. The van der Waals surface area contributed by atoms with E-state index < -0.39 is 0 Å². The average Bonchev–Trinajstić information content (AvgIpc) is 3.20. The molecule has 4 nitrogen and oxygen atoms in total. The van der Waals surface area contributed by atoms with Crippen LogP contribution in [0, 0.1) is 5.82 Å². The van der Waals surface area contributed by atoms with Gasteiger partial charge in [-0.3, -0.25) is 10.1 Å². The second kappa shape index (κ2) is 5.73. The average molecular weight is 292 g/mol. The number of benzene rings is 1. The van der Waals surface area contributed by atoms with Gasteiger partial charge in [-0.15, -0.1) is 0 Å². The Morgan fingerprint density at radius 3 is 2.95 bits per heavy atom. The Hall–Kier alpha value is -1.46. The number of nitrogens with zero attached hydrogens (tertiary/aromatic N) is 1. The molecule has 1 N–H and O–H groups in total. The lowest BCUT2D eigenvalue weighted by Crippen LogP contribution is -2.33. The lowest BCUT2D eigenvalue weighted by molar-refractivity contribution is -0.131. The lowest BCUT2D eigenvalue weighted by Gasteiger charge is -2.24. The van der Waals surface area contributed by atoms with Crippen LogP contribution < -0.4 is 5.32 Å². The van der Waals surface area contributed by atoms with E-state index in [0.29, 0.717) is 19.8 Å². The number of nitrogens with one attached hydrogen (secondary N) is 1. The largest absolute Gasteiger partial charge is 0.382 e. The molecule has 0 radical (unpaired) electrons. The summed E-state index contributed by atoms with van der Waals surface area (Å²) in [6.45, 7) is 3.92. The van der Waals surface area contributed by atoms with Crippen LogP contribution in [0.5, 0.6) is 0 Å². The van der Waals surface area contributed by atoms with Crippen molar-refractivity contribution in [3.63, 3.8) is 0 Å². The normalized spacial score (nSPS) is 23.0. The molecule has 1 heterocycles. The lowest BCUT2D eigenvalue weighted by atomic mass is 10.1. The minimum absolute atomic E-state index is 0.147. The van der Waals surface area contributed by atoms with Gasteiger partial charge in [0.15, 0.2) is 0 Å². The molecule has 2 fully saturated rings. The highest BCUT2D eigenvalue weighted by Gasteiger charge is 2.59. The van der Waals surface area contributed by atoms with Gasteiger partial charge in [0.2, 0.25) is 5.91 Å². The van der Waals surface area contributed by atoms with E-state index in [-0.39, 0.29) is 23.4 Å². The number of hydrogen-bond donors (Lipinski definition) is 1. The number of halogens is 1. The molecule has 3 rings (SSSR count). The van der Waals surface area contributed by atoms with Crippen LogP contribution in [0.15, 0.2) is 24.3 Å². The fourth-order valence-corrected chi connectivity index (χ4v) is 2.93. The highest BCUT2D eigenvalue weighted by atomic mass is 19.1. The third kappa shape index (κ3) is 2.80. The third-order valence-electron chi connectivity index (χ3n) is 4.20. The van der Waals surface area contributed by atoms with Gasteiger partial charge in [0.05, 0.1) is 0 Å². The van der Waals surface area contributed by atoms with Gasteiger partial charge in [-0.05, 0) is 43.9 Å². The summed E-state index contributed by atoms with van der Waals surface area (Å²) in [6, 6.07) is 6.48. The molecule has 0 aromatic heterocycles. The van der Waals surface area contributed by atoms with Crippen molar-refractivity contribution in [1.29, 1.82) is 0 Å². The zero-order valence-electron chi connectivity index (χ0n) is 12.3.